The largest absolute Gasteiger partial charge is 0.463 e. The van der Waals surface area contributed by atoms with Crippen LogP contribution in [0.2, 0.25) is 0 Å². The number of carbonyl (C=O) groups excluding carboxylic acids is 1. The van der Waals surface area contributed by atoms with E-state index in [4.69, 9.17) is 4.74 Å². The SMILES string of the molecule is CCOC(=O)C1=C(C(F)(F)F)[C@H]2CC[C@@H]1O2. The maximum absolute atomic E-state index is 12.7. The zero-order chi connectivity index (χ0) is 11.9. The molecule has 0 aliphatic carbocycles. The number of alkyl halides is 3. The predicted molar refractivity (Wildman–Crippen MR) is 47.6 cm³/mol. The Bertz CT molecular complexity index is 346. The van der Waals surface area contributed by atoms with Gasteiger partial charge in [-0.25, -0.2) is 4.79 Å². The molecule has 1 saturated heterocycles. The van der Waals surface area contributed by atoms with Gasteiger partial charge < -0.3 is 9.47 Å². The van der Waals surface area contributed by atoms with Crippen molar-refractivity contribution in [3.63, 3.8) is 0 Å². The Morgan fingerprint density at radius 2 is 2.06 bits per heavy atom. The number of fused-ring (bicyclic) bond motifs is 2. The van der Waals surface area contributed by atoms with Gasteiger partial charge in [0.15, 0.2) is 0 Å². The fraction of sp³-hybridized carbons (Fsp3) is 0.700. The second kappa shape index (κ2) is 3.76. The van der Waals surface area contributed by atoms with Crippen molar-refractivity contribution in [1.29, 1.82) is 0 Å². The van der Waals surface area contributed by atoms with Crippen molar-refractivity contribution in [3.05, 3.63) is 11.1 Å². The minimum absolute atomic E-state index is 0.0604. The standard InChI is InChI=1S/C10H11F3O3/c1-2-15-9(14)7-5-3-4-6(16-5)8(7)10(11,12)13/h5-6H,2-4H2,1H3/t5-,6+/m0/s1. The van der Waals surface area contributed by atoms with Gasteiger partial charge in [-0.3, -0.25) is 0 Å². The van der Waals surface area contributed by atoms with Crippen LogP contribution in [0.4, 0.5) is 13.2 Å². The molecule has 16 heavy (non-hydrogen) atoms. The van der Waals surface area contributed by atoms with Crippen molar-refractivity contribution < 1.29 is 27.4 Å². The summed E-state index contributed by atoms with van der Waals surface area (Å²) in [5.41, 5.74) is -1.17. The highest BCUT2D eigenvalue weighted by Crippen LogP contribution is 2.46. The third-order valence-corrected chi connectivity index (χ3v) is 2.75. The quantitative estimate of drug-likeness (QED) is 0.687. The van der Waals surface area contributed by atoms with E-state index < -0.39 is 29.9 Å². The molecule has 1 fully saturated rings. The van der Waals surface area contributed by atoms with Crippen LogP contribution in [0.5, 0.6) is 0 Å². The summed E-state index contributed by atoms with van der Waals surface area (Å²) in [4.78, 5) is 11.4. The highest BCUT2D eigenvalue weighted by Gasteiger charge is 2.53. The Hall–Kier alpha value is -1.04. The molecule has 90 valence electrons. The van der Waals surface area contributed by atoms with Gasteiger partial charge >= 0.3 is 12.1 Å². The van der Waals surface area contributed by atoms with E-state index >= 15 is 0 Å². The molecule has 2 bridgehead atoms. The maximum Gasteiger partial charge on any atom is 0.415 e. The third kappa shape index (κ3) is 1.71. The molecule has 0 radical (unpaired) electrons. The summed E-state index contributed by atoms with van der Waals surface area (Å²) in [5.74, 6) is -0.901. The molecule has 2 aliphatic rings. The second-order valence-electron chi connectivity index (χ2n) is 3.74. The molecule has 6 heteroatoms. The Morgan fingerprint density at radius 3 is 2.62 bits per heavy atom. The molecule has 0 unspecified atom stereocenters. The minimum Gasteiger partial charge on any atom is -0.463 e. The van der Waals surface area contributed by atoms with Crippen molar-refractivity contribution >= 4 is 5.97 Å². The van der Waals surface area contributed by atoms with Crippen molar-refractivity contribution in [2.45, 2.75) is 38.1 Å². The van der Waals surface area contributed by atoms with Crippen LogP contribution in [0.15, 0.2) is 11.1 Å². The minimum atomic E-state index is -4.51. The number of hydrogen-bond donors (Lipinski definition) is 0. The molecule has 2 heterocycles. The first kappa shape index (κ1) is 11.4. The molecule has 0 N–H and O–H groups in total. The van der Waals surface area contributed by atoms with E-state index in [0.29, 0.717) is 12.8 Å². The van der Waals surface area contributed by atoms with Gasteiger partial charge in [-0.05, 0) is 19.8 Å². The van der Waals surface area contributed by atoms with Gasteiger partial charge in [0.25, 0.3) is 0 Å². The van der Waals surface area contributed by atoms with Crippen molar-refractivity contribution in [1.82, 2.24) is 0 Å². The van der Waals surface area contributed by atoms with Crippen LogP contribution in [-0.4, -0.2) is 31.0 Å². The topological polar surface area (TPSA) is 35.5 Å². The van der Waals surface area contributed by atoms with Crippen LogP contribution < -0.4 is 0 Å². The lowest BCUT2D eigenvalue weighted by atomic mass is 9.91. The van der Waals surface area contributed by atoms with E-state index in [9.17, 15) is 18.0 Å². The summed E-state index contributed by atoms with van der Waals surface area (Å²) in [6.07, 6.45) is -5.45. The summed E-state index contributed by atoms with van der Waals surface area (Å²) in [6.45, 7) is 1.62. The molecular weight excluding hydrogens is 225 g/mol. The highest BCUT2D eigenvalue weighted by molar-refractivity contribution is 5.92. The van der Waals surface area contributed by atoms with Gasteiger partial charge in [0.2, 0.25) is 0 Å². The van der Waals surface area contributed by atoms with Crippen LogP contribution in [0, 0.1) is 0 Å². The summed E-state index contributed by atoms with van der Waals surface area (Å²) >= 11 is 0. The molecular formula is C10H11F3O3. The first-order chi connectivity index (χ1) is 7.45. The Kier molecular flexibility index (Phi) is 2.69. The Morgan fingerprint density at radius 1 is 1.44 bits per heavy atom. The lowest BCUT2D eigenvalue weighted by Gasteiger charge is -2.17. The van der Waals surface area contributed by atoms with E-state index in [2.05, 4.69) is 4.74 Å². The molecule has 0 aromatic rings. The average molecular weight is 236 g/mol. The monoisotopic (exact) mass is 236 g/mol. The number of ether oxygens (including phenoxy) is 2. The highest BCUT2D eigenvalue weighted by atomic mass is 19.4. The average Bonchev–Trinajstić information content (AvgIpc) is 2.74. The van der Waals surface area contributed by atoms with Crippen molar-refractivity contribution in [2.24, 2.45) is 0 Å². The van der Waals surface area contributed by atoms with E-state index in [1.165, 1.54) is 0 Å². The van der Waals surface area contributed by atoms with Gasteiger partial charge in [0, 0.05) is 0 Å². The fourth-order valence-corrected chi connectivity index (χ4v) is 2.19. The first-order valence-corrected chi connectivity index (χ1v) is 5.09. The molecule has 0 saturated carbocycles. The van der Waals surface area contributed by atoms with Crippen LogP contribution in [-0.2, 0) is 14.3 Å². The lowest BCUT2D eigenvalue weighted by Crippen LogP contribution is -2.27. The van der Waals surface area contributed by atoms with Crippen molar-refractivity contribution in [2.75, 3.05) is 6.61 Å². The van der Waals surface area contributed by atoms with Gasteiger partial charge in [-0.1, -0.05) is 0 Å². The Balaban J connectivity index is 2.36. The van der Waals surface area contributed by atoms with E-state index in [1.54, 1.807) is 6.92 Å². The first-order valence-electron chi connectivity index (χ1n) is 5.09. The molecule has 2 rings (SSSR count). The number of rotatable bonds is 2. The molecule has 2 aliphatic heterocycles. The predicted octanol–water partition coefficient (Wildman–Crippen LogP) is 1.97. The van der Waals surface area contributed by atoms with Gasteiger partial charge in [0.05, 0.1) is 30.0 Å². The van der Waals surface area contributed by atoms with Crippen LogP contribution in [0.3, 0.4) is 0 Å². The molecule has 3 nitrogen and oxygen atoms in total. The maximum atomic E-state index is 12.7. The number of carbonyl (C=O) groups is 1. The zero-order valence-electron chi connectivity index (χ0n) is 8.63. The van der Waals surface area contributed by atoms with Crippen molar-refractivity contribution in [3.8, 4) is 0 Å². The molecule has 0 spiro atoms. The summed E-state index contributed by atoms with van der Waals surface area (Å²) in [6, 6.07) is 0. The van der Waals surface area contributed by atoms with E-state index in [1.807, 2.05) is 0 Å². The van der Waals surface area contributed by atoms with E-state index in [0.717, 1.165) is 0 Å². The normalized spacial score (nSPS) is 28.8. The molecule has 0 amide bonds. The molecule has 0 aromatic carbocycles. The van der Waals surface area contributed by atoms with Gasteiger partial charge in [-0.2, -0.15) is 13.2 Å². The number of hydrogen-bond acceptors (Lipinski definition) is 3. The smallest absolute Gasteiger partial charge is 0.415 e. The number of esters is 1. The number of halogens is 3. The molecule has 0 aromatic heterocycles. The van der Waals surface area contributed by atoms with Gasteiger partial charge in [-0.15, -0.1) is 0 Å². The molecule has 2 atom stereocenters. The Labute approximate surface area is 90.2 Å². The summed E-state index contributed by atoms with van der Waals surface area (Å²) < 4.78 is 47.9. The zero-order valence-corrected chi connectivity index (χ0v) is 8.63. The van der Waals surface area contributed by atoms with Crippen LogP contribution in [0.1, 0.15) is 19.8 Å². The second-order valence-corrected chi connectivity index (χ2v) is 3.74. The summed E-state index contributed by atoms with van der Waals surface area (Å²) in [7, 11) is 0. The van der Waals surface area contributed by atoms with E-state index in [-0.39, 0.29) is 12.2 Å². The van der Waals surface area contributed by atoms with Gasteiger partial charge in [0.1, 0.15) is 0 Å². The third-order valence-electron chi connectivity index (χ3n) is 2.75. The van der Waals surface area contributed by atoms with Crippen LogP contribution >= 0.6 is 0 Å². The summed E-state index contributed by atoms with van der Waals surface area (Å²) in [5, 5.41) is 0. The fourth-order valence-electron chi connectivity index (χ4n) is 2.19. The van der Waals surface area contributed by atoms with Crippen LogP contribution in [0.25, 0.3) is 0 Å². The lowest BCUT2D eigenvalue weighted by molar-refractivity contribution is -0.140.